The van der Waals surface area contributed by atoms with E-state index in [1.807, 2.05) is 37.3 Å². The van der Waals surface area contributed by atoms with Gasteiger partial charge in [-0.2, -0.15) is 0 Å². The number of hydrogen-bond donors (Lipinski definition) is 3. The predicted octanol–water partition coefficient (Wildman–Crippen LogP) is 1.84. The summed E-state index contributed by atoms with van der Waals surface area (Å²) in [6.07, 6.45) is 1.66. The fourth-order valence-corrected chi connectivity index (χ4v) is 3.85. The van der Waals surface area contributed by atoms with E-state index in [0.29, 0.717) is 25.1 Å². The average Bonchev–Trinajstić information content (AvgIpc) is 3.22. The number of fused-ring (bicyclic) bond motifs is 1. The maximum Gasteiger partial charge on any atom is 0.289 e. The van der Waals surface area contributed by atoms with Crippen LogP contribution in [0.1, 0.15) is 39.1 Å². The zero-order chi connectivity index (χ0) is 18.8. The van der Waals surface area contributed by atoms with Crippen LogP contribution in [0.3, 0.4) is 0 Å². The molecule has 0 radical (unpaired) electrons. The van der Waals surface area contributed by atoms with Crippen LogP contribution in [-0.4, -0.2) is 38.0 Å². The van der Waals surface area contributed by atoms with E-state index in [1.54, 1.807) is 0 Å². The van der Waals surface area contributed by atoms with Gasteiger partial charge in [-0.15, -0.1) is 21.5 Å². The minimum absolute atomic E-state index is 0.0988. The standard InChI is InChI=1S/C18H18N6O2S/c1-10-19-13-8-7-12(16(25)22-18(13)27-10)20-17(26)15-21-14(23-24-15)9-11-5-3-2-4-6-11/h2-6,12H,7-9H2,1H3,(H,20,26)(H,22,25)(H,21,23,24). The molecular formula is C18H18N6O2S. The molecule has 0 fully saturated rings. The third-order valence-electron chi connectivity index (χ3n) is 4.30. The highest BCUT2D eigenvalue weighted by atomic mass is 32.1. The number of aromatic nitrogens is 4. The molecule has 1 atom stereocenters. The van der Waals surface area contributed by atoms with E-state index >= 15 is 0 Å². The second-order valence-corrected chi connectivity index (χ2v) is 7.55. The smallest absolute Gasteiger partial charge is 0.289 e. The summed E-state index contributed by atoms with van der Waals surface area (Å²) in [5, 5.41) is 15.2. The highest BCUT2D eigenvalue weighted by Crippen LogP contribution is 2.28. The highest BCUT2D eigenvalue weighted by molar-refractivity contribution is 7.16. The number of nitrogens with zero attached hydrogens (tertiary/aromatic N) is 3. The van der Waals surface area contributed by atoms with Crippen LogP contribution in [0.15, 0.2) is 30.3 Å². The number of carbonyl (C=O) groups excluding carboxylic acids is 2. The fourth-order valence-electron chi connectivity index (χ4n) is 2.98. The molecule has 2 aromatic heterocycles. The van der Waals surface area contributed by atoms with Gasteiger partial charge in [0.25, 0.3) is 5.91 Å². The minimum atomic E-state index is -0.637. The van der Waals surface area contributed by atoms with Crippen LogP contribution in [0.25, 0.3) is 0 Å². The summed E-state index contributed by atoms with van der Waals surface area (Å²) in [5.74, 6) is 0.00590. The lowest BCUT2D eigenvalue weighted by Gasteiger charge is -2.13. The summed E-state index contributed by atoms with van der Waals surface area (Å²) in [7, 11) is 0. The van der Waals surface area contributed by atoms with Gasteiger partial charge in [-0.25, -0.2) is 4.98 Å². The zero-order valence-electron chi connectivity index (χ0n) is 14.7. The van der Waals surface area contributed by atoms with Crippen LogP contribution in [-0.2, 0) is 17.6 Å². The van der Waals surface area contributed by atoms with Crippen molar-refractivity contribution in [2.45, 2.75) is 32.2 Å². The Morgan fingerprint density at radius 3 is 2.93 bits per heavy atom. The van der Waals surface area contributed by atoms with E-state index in [0.717, 1.165) is 21.3 Å². The van der Waals surface area contributed by atoms with Crippen molar-refractivity contribution in [2.75, 3.05) is 5.32 Å². The third kappa shape index (κ3) is 3.87. The van der Waals surface area contributed by atoms with Gasteiger partial charge in [0.1, 0.15) is 16.9 Å². The molecule has 0 aliphatic carbocycles. The maximum atomic E-state index is 12.5. The van der Waals surface area contributed by atoms with Crippen molar-refractivity contribution in [3.8, 4) is 0 Å². The molecule has 3 heterocycles. The molecule has 8 nitrogen and oxygen atoms in total. The van der Waals surface area contributed by atoms with Gasteiger partial charge >= 0.3 is 0 Å². The van der Waals surface area contributed by atoms with Gasteiger partial charge in [-0.05, 0) is 25.3 Å². The summed E-state index contributed by atoms with van der Waals surface area (Å²) in [6, 6.07) is 9.15. The van der Waals surface area contributed by atoms with Crippen LogP contribution in [0.2, 0.25) is 0 Å². The molecule has 0 bridgehead atoms. The van der Waals surface area contributed by atoms with E-state index in [2.05, 4.69) is 30.8 Å². The average molecular weight is 382 g/mol. The van der Waals surface area contributed by atoms with E-state index in [1.165, 1.54) is 11.3 Å². The van der Waals surface area contributed by atoms with Gasteiger partial charge in [-0.3, -0.25) is 9.59 Å². The monoisotopic (exact) mass is 382 g/mol. The Morgan fingerprint density at radius 2 is 2.11 bits per heavy atom. The lowest BCUT2D eigenvalue weighted by atomic mass is 10.1. The van der Waals surface area contributed by atoms with Crippen LogP contribution in [0, 0.1) is 6.92 Å². The van der Waals surface area contributed by atoms with Crippen LogP contribution < -0.4 is 10.6 Å². The predicted molar refractivity (Wildman–Crippen MR) is 101 cm³/mol. The Bertz CT molecular complexity index is 981. The molecule has 27 heavy (non-hydrogen) atoms. The Hall–Kier alpha value is -3.07. The quantitative estimate of drug-likeness (QED) is 0.637. The van der Waals surface area contributed by atoms with E-state index < -0.39 is 11.9 Å². The molecule has 3 N–H and O–H groups in total. The van der Waals surface area contributed by atoms with Gasteiger partial charge in [0.2, 0.25) is 11.7 Å². The molecule has 0 spiro atoms. The number of H-pyrrole nitrogens is 1. The Balaban J connectivity index is 1.40. The van der Waals surface area contributed by atoms with Crippen molar-refractivity contribution in [3.63, 3.8) is 0 Å². The van der Waals surface area contributed by atoms with E-state index in [-0.39, 0.29) is 11.7 Å². The van der Waals surface area contributed by atoms with Crippen LogP contribution in [0.5, 0.6) is 0 Å². The second kappa shape index (κ2) is 7.28. The number of hydrogen-bond acceptors (Lipinski definition) is 6. The number of anilines is 1. The molecule has 0 saturated heterocycles. The Morgan fingerprint density at radius 1 is 1.30 bits per heavy atom. The van der Waals surface area contributed by atoms with Crippen molar-refractivity contribution in [1.82, 2.24) is 25.5 Å². The van der Waals surface area contributed by atoms with E-state index in [4.69, 9.17) is 0 Å². The lowest BCUT2D eigenvalue weighted by molar-refractivity contribution is -0.118. The van der Waals surface area contributed by atoms with Crippen molar-refractivity contribution in [2.24, 2.45) is 0 Å². The first-order valence-corrected chi connectivity index (χ1v) is 9.43. The van der Waals surface area contributed by atoms with Gasteiger partial charge in [0, 0.05) is 6.42 Å². The number of aromatic amines is 1. The number of amides is 2. The molecule has 1 unspecified atom stereocenters. The van der Waals surface area contributed by atoms with E-state index in [9.17, 15) is 9.59 Å². The molecule has 138 valence electrons. The van der Waals surface area contributed by atoms with Crippen LogP contribution >= 0.6 is 11.3 Å². The fraction of sp³-hybridized carbons (Fsp3) is 0.278. The highest BCUT2D eigenvalue weighted by Gasteiger charge is 2.28. The third-order valence-corrected chi connectivity index (χ3v) is 5.22. The first-order chi connectivity index (χ1) is 13.1. The number of carbonyl (C=O) groups is 2. The van der Waals surface area contributed by atoms with Gasteiger partial charge in [0.05, 0.1) is 10.7 Å². The topological polar surface area (TPSA) is 113 Å². The van der Waals surface area contributed by atoms with Crippen molar-refractivity contribution in [1.29, 1.82) is 0 Å². The first-order valence-electron chi connectivity index (χ1n) is 8.62. The summed E-state index contributed by atoms with van der Waals surface area (Å²) in [4.78, 5) is 32.2. The van der Waals surface area contributed by atoms with Gasteiger partial charge in [0.15, 0.2) is 0 Å². The van der Waals surface area contributed by atoms with Crippen LogP contribution in [0.4, 0.5) is 5.00 Å². The number of rotatable bonds is 4. The summed E-state index contributed by atoms with van der Waals surface area (Å²) in [5.41, 5.74) is 1.94. The van der Waals surface area contributed by atoms with Crippen molar-refractivity contribution >= 4 is 28.2 Å². The molecule has 0 saturated carbocycles. The molecule has 2 amide bonds. The Kier molecular flexibility index (Phi) is 4.68. The lowest BCUT2D eigenvalue weighted by Crippen LogP contribution is -2.43. The second-order valence-electron chi connectivity index (χ2n) is 6.35. The molecule has 1 aromatic carbocycles. The Labute approximate surface area is 159 Å². The SMILES string of the molecule is Cc1nc2c(s1)NC(=O)C(NC(=O)c1nnc(Cc3ccccc3)[nH]1)CC2. The first kappa shape index (κ1) is 17.3. The molecule has 9 heteroatoms. The van der Waals surface area contributed by atoms with Crippen molar-refractivity contribution < 1.29 is 9.59 Å². The van der Waals surface area contributed by atoms with Gasteiger partial charge < -0.3 is 15.6 Å². The number of aryl methyl sites for hydroxylation is 2. The number of nitrogens with one attached hydrogen (secondary N) is 3. The summed E-state index contributed by atoms with van der Waals surface area (Å²) < 4.78 is 0. The molecule has 1 aliphatic heterocycles. The number of thiazole rings is 1. The maximum absolute atomic E-state index is 12.5. The number of benzene rings is 1. The molecule has 1 aliphatic rings. The molecular weight excluding hydrogens is 364 g/mol. The minimum Gasteiger partial charge on any atom is -0.337 e. The summed E-state index contributed by atoms with van der Waals surface area (Å²) in [6.45, 7) is 1.90. The molecule has 4 rings (SSSR count). The largest absolute Gasteiger partial charge is 0.337 e. The molecule has 3 aromatic rings. The van der Waals surface area contributed by atoms with Gasteiger partial charge in [-0.1, -0.05) is 30.3 Å². The zero-order valence-corrected chi connectivity index (χ0v) is 15.5. The van der Waals surface area contributed by atoms with Crippen molar-refractivity contribution in [3.05, 3.63) is 58.2 Å². The summed E-state index contributed by atoms with van der Waals surface area (Å²) >= 11 is 1.44. The normalized spacial score (nSPS) is 16.3.